The third-order valence-corrected chi connectivity index (χ3v) is 5.01. The van der Waals surface area contributed by atoms with Gasteiger partial charge in [0.05, 0.1) is 5.75 Å². The van der Waals surface area contributed by atoms with Gasteiger partial charge in [0.1, 0.15) is 0 Å². The first kappa shape index (κ1) is 17.0. The summed E-state index contributed by atoms with van der Waals surface area (Å²) >= 11 is 5.99. The van der Waals surface area contributed by atoms with E-state index in [1.807, 2.05) is 0 Å². The number of nitrogens with one attached hydrogen (secondary N) is 1. The van der Waals surface area contributed by atoms with Crippen molar-refractivity contribution >= 4 is 21.6 Å². The first-order chi connectivity index (χ1) is 8.68. The highest BCUT2D eigenvalue weighted by atomic mass is 35.5. The minimum atomic E-state index is -4.30. The van der Waals surface area contributed by atoms with Crippen molar-refractivity contribution in [2.75, 3.05) is 12.3 Å². The zero-order chi connectivity index (χ0) is 14.5. The molecule has 1 fully saturated rings. The van der Waals surface area contributed by atoms with E-state index in [4.69, 9.17) is 11.6 Å². The largest absolute Gasteiger partial charge is 0.389 e. The lowest BCUT2D eigenvalue weighted by molar-refractivity contribution is -0.134. The SMILES string of the molecule is O=S(=O)(CCCC(F)(F)F)NCC1CCCC(Cl)C1. The van der Waals surface area contributed by atoms with Crippen molar-refractivity contribution in [3.8, 4) is 0 Å². The van der Waals surface area contributed by atoms with E-state index in [1.165, 1.54) is 0 Å². The van der Waals surface area contributed by atoms with Crippen LogP contribution in [0, 0.1) is 5.92 Å². The number of alkyl halides is 4. The predicted octanol–water partition coefficient (Wildman–Crippen LogP) is 3.05. The third kappa shape index (κ3) is 7.99. The number of sulfonamides is 1. The second kappa shape index (κ2) is 7.13. The Bertz CT molecular complexity index is 373. The highest BCUT2D eigenvalue weighted by Crippen LogP contribution is 2.27. The second-order valence-corrected chi connectivity index (χ2v) is 7.56. The Morgan fingerprint density at radius 2 is 1.95 bits per heavy atom. The van der Waals surface area contributed by atoms with E-state index >= 15 is 0 Å². The minimum absolute atomic E-state index is 0.0773. The van der Waals surface area contributed by atoms with E-state index in [9.17, 15) is 21.6 Å². The summed E-state index contributed by atoms with van der Waals surface area (Å²) in [5.74, 6) is -0.294. The van der Waals surface area contributed by atoms with Crippen molar-refractivity contribution < 1.29 is 21.6 Å². The Kier molecular flexibility index (Phi) is 6.39. The van der Waals surface area contributed by atoms with Crippen LogP contribution >= 0.6 is 11.6 Å². The standard InChI is InChI=1S/C11H19ClF3NO2S/c12-10-4-1-3-9(7-10)8-16-19(17,18)6-2-5-11(13,14)15/h9-10,16H,1-8H2. The smallest absolute Gasteiger partial charge is 0.215 e. The zero-order valence-electron chi connectivity index (χ0n) is 10.5. The molecule has 0 aromatic carbocycles. The minimum Gasteiger partial charge on any atom is -0.215 e. The monoisotopic (exact) mass is 321 g/mol. The molecule has 2 unspecified atom stereocenters. The summed E-state index contributed by atoms with van der Waals surface area (Å²) in [5, 5.41) is 0.0773. The molecule has 1 N–H and O–H groups in total. The van der Waals surface area contributed by atoms with Crippen LogP contribution in [0.1, 0.15) is 38.5 Å². The average molecular weight is 322 g/mol. The molecule has 0 aromatic heterocycles. The highest BCUT2D eigenvalue weighted by molar-refractivity contribution is 7.89. The third-order valence-electron chi connectivity index (χ3n) is 3.18. The van der Waals surface area contributed by atoms with E-state index in [0.29, 0.717) is 0 Å². The first-order valence-corrected chi connectivity index (χ1v) is 8.45. The molecule has 0 spiro atoms. The van der Waals surface area contributed by atoms with Gasteiger partial charge in [0.2, 0.25) is 10.0 Å². The summed E-state index contributed by atoms with van der Waals surface area (Å²) < 4.78 is 61.2. The van der Waals surface area contributed by atoms with Crippen LogP contribution in [-0.2, 0) is 10.0 Å². The zero-order valence-corrected chi connectivity index (χ0v) is 12.1. The molecule has 8 heteroatoms. The molecule has 1 rings (SSSR count). The fourth-order valence-corrected chi connectivity index (χ4v) is 3.76. The Hall–Kier alpha value is -0.0100. The van der Waals surface area contributed by atoms with Gasteiger partial charge in [-0.15, -0.1) is 11.6 Å². The molecule has 0 aliphatic heterocycles. The van der Waals surface area contributed by atoms with Gasteiger partial charge in [-0.25, -0.2) is 13.1 Å². The van der Waals surface area contributed by atoms with E-state index in [2.05, 4.69) is 4.72 Å². The number of hydrogen-bond donors (Lipinski definition) is 1. The fourth-order valence-electron chi connectivity index (χ4n) is 2.19. The van der Waals surface area contributed by atoms with Crippen LogP contribution in [-0.4, -0.2) is 32.3 Å². The Morgan fingerprint density at radius 1 is 1.26 bits per heavy atom. The summed E-state index contributed by atoms with van der Waals surface area (Å²) in [7, 11) is -3.61. The van der Waals surface area contributed by atoms with Gasteiger partial charge < -0.3 is 0 Å². The van der Waals surface area contributed by atoms with Crippen LogP contribution in [0.25, 0.3) is 0 Å². The molecule has 0 heterocycles. The van der Waals surface area contributed by atoms with Gasteiger partial charge in [0.25, 0.3) is 0 Å². The predicted molar refractivity (Wildman–Crippen MR) is 68.7 cm³/mol. The molecule has 0 radical (unpaired) electrons. The molecule has 0 saturated heterocycles. The van der Waals surface area contributed by atoms with Crippen LogP contribution in [0.3, 0.4) is 0 Å². The lowest BCUT2D eigenvalue weighted by atomic mass is 9.89. The first-order valence-electron chi connectivity index (χ1n) is 6.36. The van der Waals surface area contributed by atoms with Gasteiger partial charge in [-0.2, -0.15) is 13.2 Å². The van der Waals surface area contributed by atoms with E-state index in [1.54, 1.807) is 0 Å². The van der Waals surface area contributed by atoms with Crippen LogP contribution in [0.5, 0.6) is 0 Å². The highest BCUT2D eigenvalue weighted by Gasteiger charge is 2.28. The van der Waals surface area contributed by atoms with E-state index in [0.717, 1.165) is 25.7 Å². The maximum Gasteiger partial charge on any atom is 0.389 e. The Morgan fingerprint density at radius 3 is 2.53 bits per heavy atom. The van der Waals surface area contributed by atoms with Crippen molar-refractivity contribution in [1.29, 1.82) is 0 Å². The van der Waals surface area contributed by atoms with Gasteiger partial charge >= 0.3 is 6.18 Å². The molecule has 2 atom stereocenters. The number of rotatable bonds is 6. The van der Waals surface area contributed by atoms with Crippen molar-refractivity contribution in [3.05, 3.63) is 0 Å². The summed E-state index contributed by atoms with van der Waals surface area (Å²) in [6, 6.07) is 0. The molecule has 114 valence electrons. The molecule has 0 aromatic rings. The quantitative estimate of drug-likeness (QED) is 0.764. The molecule has 0 amide bonds. The number of hydrogen-bond acceptors (Lipinski definition) is 2. The Labute approximate surface area is 116 Å². The van der Waals surface area contributed by atoms with Crippen LogP contribution in [0.4, 0.5) is 13.2 Å². The van der Waals surface area contributed by atoms with Crippen LogP contribution < -0.4 is 4.72 Å². The van der Waals surface area contributed by atoms with Crippen molar-refractivity contribution in [2.24, 2.45) is 5.92 Å². The van der Waals surface area contributed by atoms with Crippen LogP contribution in [0.2, 0.25) is 0 Å². The lowest BCUT2D eigenvalue weighted by Gasteiger charge is -2.25. The molecular weight excluding hydrogens is 303 g/mol. The molecule has 1 aliphatic carbocycles. The summed E-state index contributed by atoms with van der Waals surface area (Å²) in [6.45, 7) is 0.275. The second-order valence-electron chi connectivity index (χ2n) is 5.02. The molecular formula is C11H19ClF3NO2S. The van der Waals surface area contributed by atoms with Crippen molar-refractivity contribution in [1.82, 2.24) is 4.72 Å². The fraction of sp³-hybridized carbons (Fsp3) is 1.00. The van der Waals surface area contributed by atoms with Crippen molar-refractivity contribution in [3.63, 3.8) is 0 Å². The average Bonchev–Trinajstić information content (AvgIpc) is 2.24. The van der Waals surface area contributed by atoms with Gasteiger partial charge in [-0.3, -0.25) is 0 Å². The normalized spacial score (nSPS) is 25.5. The maximum absolute atomic E-state index is 11.9. The molecule has 0 bridgehead atoms. The van der Waals surface area contributed by atoms with Gasteiger partial charge in [-0.05, 0) is 31.6 Å². The van der Waals surface area contributed by atoms with Gasteiger partial charge in [0, 0.05) is 18.3 Å². The van der Waals surface area contributed by atoms with E-state index in [-0.39, 0.29) is 17.8 Å². The molecule has 3 nitrogen and oxygen atoms in total. The Balaban J connectivity index is 2.26. The van der Waals surface area contributed by atoms with Gasteiger partial charge in [-0.1, -0.05) is 6.42 Å². The topological polar surface area (TPSA) is 46.2 Å². The maximum atomic E-state index is 11.9. The molecule has 1 saturated carbocycles. The summed E-state index contributed by atoms with van der Waals surface area (Å²) in [6.07, 6.45) is -2.20. The summed E-state index contributed by atoms with van der Waals surface area (Å²) in [5.41, 5.74) is 0. The van der Waals surface area contributed by atoms with Crippen LogP contribution in [0.15, 0.2) is 0 Å². The summed E-state index contributed by atoms with van der Waals surface area (Å²) in [4.78, 5) is 0. The van der Waals surface area contributed by atoms with E-state index < -0.39 is 34.8 Å². The molecule has 1 aliphatic rings. The number of halogens is 4. The van der Waals surface area contributed by atoms with Gasteiger partial charge in [0.15, 0.2) is 0 Å². The molecule has 19 heavy (non-hydrogen) atoms. The van der Waals surface area contributed by atoms with Crippen molar-refractivity contribution in [2.45, 2.75) is 50.1 Å². The lowest BCUT2D eigenvalue weighted by Crippen LogP contribution is -2.33.